The zero-order valence-corrected chi connectivity index (χ0v) is 14.4. The summed E-state index contributed by atoms with van der Waals surface area (Å²) in [5, 5.41) is 3.12. The Morgan fingerprint density at radius 3 is 2.42 bits per heavy atom. The van der Waals surface area contributed by atoms with Crippen molar-refractivity contribution in [2.24, 2.45) is 0 Å². The van der Waals surface area contributed by atoms with Gasteiger partial charge in [0.25, 0.3) is 5.91 Å². The molecule has 0 radical (unpaired) electrons. The Morgan fingerprint density at radius 2 is 1.67 bits per heavy atom. The maximum absolute atomic E-state index is 12.5. The topological polar surface area (TPSA) is 33.5 Å². The molecule has 1 saturated carbocycles. The first-order valence-corrected chi connectivity index (χ1v) is 9.00. The van der Waals surface area contributed by atoms with Crippen LogP contribution in [0.2, 0.25) is 0 Å². The number of anilines is 1. The van der Waals surface area contributed by atoms with Crippen molar-refractivity contribution in [2.45, 2.75) is 38.1 Å². The number of carbonyl (C=O) groups excluding carboxylic acids is 1. The van der Waals surface area contributed by atoms with Crippen molar-refractivity contribution in [3.05, 3.63) is 54.6 Å². The third kappa shape index (κ3) is 4.24. The summed E-state index contributed by atoms with van der Waals surface area (Å²) in [5.41, 5.74) is 3.09. The van der Waals surface area contributed by atoms with Crippen molar-refractivity contribution in [3.8, 4) is 11.1 Å². The molecule has 2 aromatic rings. The lowest BCUT2D eigenvalue weighted by Gasteiger charge is -2.27. The number of benzene rings is 2. The zero-order chi connectivity index (χ0) is 16.8. The van der Waals surface area contributed by atoms with Gasteiger partial charge in [0.1, 0.15) is 0 Å². The van der Waals surface area contributed by atoms with Crippen LogP contribution in [-0.4, -0.2) is 25.5 Å². The van der Waals surface area contributed by atoms with Gasteiger partial charge in [-0.25, -0.2) is 0 Å². The highest BCUT2D eigenvalue weighted by molar-refractivity contribution is 5.96. The van der Waals surface area contributed by atoms with Crippen LogP contribution >= 0.6 is 0 Å². The molecular formula is C21H27N2O+. The molecule has 24 heavy (non-hydrogen) atoms. The summed E-state index contributed by atoms with van der Waals surface area (Å²) >= 11 is 0. The van der Waals surface area contributed by atoms with Gasteiger partial charge in [-0.2, -0.15) is 0 Å². The highest BCUT2D eigenvalue weighted by Crippen LogP contribution is 2.27. The summed E-state index contributed by atoms with van der Waals surface area (Å²) in [7, 11) is 2.15. The number of rotatable bonds is 5. The normalized spacial score (nSPS) is 16.5. The molecule has 0 aliphatic heterocycles. The van der Waals surface area contributed by atoms with Crippen molar-refractivity contribution in [2.75, 3.05) is 18.9 Å². The van der Waals surface area contributed by atoms with Gasteiger partial charge in [0.05, 0.1) is 13.1 Å². The second kappa shape index (κ2) is 8.11. The Hall–Kier alpha value is -2.13. The minimum absolute atomic E-state index is 0.0986. The minimum Gasteiger partial charge on any atom is -0.327 e. The van der Waals surface area contributed by atoms with Crippen LogP contribution in [0.25, 0.3) is 11.1 Å². The van der Waals surface area contributed by atoms with Crippen molar-refractivity contribution < 1.29 is 9.69 Å². The number of quaternary nitrogens is 1. The summed E-state index contributed by atoms with van der Waals surface area (Å²) < 4.78 is 0. The van der Waals surface area contributed by atoms with E-state index in [1.807, 2.05) is 36.4 Å². The molecule has 2 N–H and O–H groups in total. The molecule has 0 saturated heterocycles. The molecule has 0 aromatic heterocycles. The molecule has 3 heteroatoms. The fourth-order valence-corrected chi connectivity index (χ4v) is 3.65. The van der Waals surface area contributed by atoms with Crippen LogP contribution in [0.15, 0.2) is 54.6 Å². The molecule has 1 aliphatic rings. The van der Waals surface area contributed by atoms with Crippen LogP contribution in [0.3, 0.4) is 0 Å². The second-order valence-corrected chi connectivity index (χ2v) is 6.82. The summed E-state index contributed by atoms with van der Waals surface area (Å²) in [6.07, 6.45) is 6.46. The van der Waals surface area contributed by atoms with Gasteiger partial charge in [0.15, 0.2) is 6.54 Å². The lowest BCUT2D eigenvalue weighted by atomic mass is 9.94. The molecule has 1 aliphatic carbocycles. The molecule has 1 atom stereocenters. The first kappa shape index (κ1) is 16.7. The highest BCUT2D eigenvalue weighted by Gasteiger charge is 2.23. The fourth-order valence-electron chi connectivity index (χ4n) is 3.65. The van der Waals surface area contributed by atoms with Crippen molar-refractivity contribution >= 4 is 11.6 Å². The second-order valence-electron chi connectivity index (χ2n) is 6.82. The van der Waals surface area contributed by atoms with E-state index >= 15 is 0 Å². The predicted octanol–water partition coefficient (Wildman–Crippen LogP) is 3.14. The van der Waals surface area contributed by atoms with Crippen LogP contribution in [0, 0.1) is 0 Å². The summed E-state index contributed by atoms with van der Waals surface area (Å²) in [6, 6.07) is 18.9. The lowest BCUT2D eigenvalue weighted by Crippen LogP contribution is -3.14. The third-order valence-corrected chi connectivity index (χ3v) is 5.03. The lowest BCUT2D eigenvalue weighted by molar-refractivity contribution is -0.899. The molecule has 0 bridgehead atoms. The molecule has 1 amide bonds. The van der Waals surface area contributed by atoms with E-state index in [9.17, 15) is 4.79 Å². The Bertz CT molecular complexity index is 663. The van der Waals surface area contributed by atoms with E-state index in [1.165, 1.54) is 37.0 Å². The summed E-state index contributed by atoms with van der Waals surface area (Å²) in [5.74, 6) is 0.0986. The van der Waals surface area contributed by atoms with Crippen molar-refractivity contribution in [3.63, 3.8) is 0 Å². The van der Waals surface area contributed by atoms with Gasteiger partial charge in [-0.3, -0.25) is 4.79 Å². The van der Waals surface area contributed by atoms with Crippen molar-refractivity contribution in [1.29, 1.82) is 0 Å². The maximum Gasteiger partial charge on any atom is 0.279 e. The minimum atomic E-state index is 0.0986. The van der Waals surface area contributed by atoms with E-state index < -0.39 is 0 Å². The number of carbonyl (C=O) groups is 1. The maximum atomic E-state index is 12.5. The molecule has 1 unspecified atom stereocenters. The van der Waals surface area contributed by atoms with E-state index in [0.29, 0.717) is 12.6 Å². The standard InChI is InChI=1S/C21H26N2O/c1-23(18-12-6-3-7-13-18)16-21(24)22-20-15-9-8-14-19(20)17-10-4-2-5-11-17/h2,4-5,8-11,14-15,18H,3,6-7,12-13,16H2,1H3,(H,22,24)/p+1. The van der Waals surface area contributed by atoms with Gasteiger partial charge in [0.2, 0.25) is 0 Å². The van der Waals surface area contributed by atoms with E-state index in [1.54, 1.807) is 0 Å². The number of hydrogen-bond acceptors (Lipinski definition) is 1. The van der Waals surface area contributed by atoms with Crippen LogP contribution in [-0.2, 0) is 4.79 Å². The Labute approximate surface area is 144 Å². The molecule has 1 fully saturated rings. The van der Waals surface area contributed by atoms with Gasteiger partial charge in [-0.1, -0.05) is 55.0 Å². The van der Waals surface area contributed by atoms with E-state index in [0.717, 1.165) is 16.8 Å². The first-order valence-electron chi connectivity index (χ1n) is 9.00. The largest absolute Gasteiger partial charge is 0.327 e. The smallest absolute Gasteiger partial charge is 0.279 e. The summed E-state index contributed by atoms with van der Waals surface area (Å²) in [6.45, 7) is 0.536. The van der Waals surface area contributed by atoms with Crippen LogP contribution in [0.1, 0.15) is 32.1 Å². The molecule has 3 nitrogen and oxygen atoms in total. The Morgan fingerprint density at radius 1 is 1.00 bits per heavy atom. The third-order valence-electron chi connectivity index (χ3n) is 5.03. The van der Waals surface area contributed by atoms with Crippen LogP contribution in [0.4, 0.5) is 5.69 Å². The van der Waals surface area contributed by atoms with Crippen LogP contribution in [0.5, 0.6) is 0 Å². The Kier molecular flexibility index (Phi) is 5.65. The SMILES string of the molecule is C[NH+](CC(=O)Nc1ccccc1-c1ccccc1)C1CCCCC1. The van der Waals surface area contributed by atoms with Gasteiger partial charge in [-0.05, 0) is 37.3 Å². The summed E-state index contributed by atoms with van der Waals surface area (Å²) in [4.78, 5) is 13.9. The molecule has 3 rings (SSSR count). The van der Waals surface area contributed by atoms with Crippen LogP contribution < -0.4 is 10.2 Å². The van der Waals surface area contributed by atoms with E-state index in [-0.39, 0.29) is 5.91 Å². The monoisotopic (exact) mass is 323 g/mol. The van der Waals surface area contributed by atoms with Gasteiger partial charge < -0.3 is 10.2 Å². The molecule has 126 valence electrons. The number of likely N-dealkylation sites (N-methyl/N-ethyl adjacent to an activating group) is 1. The van der Waals surface area contributed by atoms with Gasteiger partial charge in [-0.15, -0.1) is 0 Å². The molecule has 2 aromatic carbocycles. The average molecular weight is 323 g/mol. The quantitative estimate of drug-likeness (QED) is 0.871. The molecule has 0 heterocycles. The van der Waals surface area contributed by atoms with Gasteiger partial charge >= 0.3 is 0 Å². The number of nitrogens with one attached hydrogen (secondary N) is 2. The van der Waals surface area contributed by atoms with E-state index in [2.05, 4.69) is 30.6 Å². The molecular weight excluding hydrogens is 296 g/mol. The number of amides is 1. The van der Waals surface area contributed by atoms with Gasteiger partial charge in [0, 0.05) is 11.3 Å². The van der Waals surface area contributed by atoms with Crippen molar-refractivity contribution in [1.82, 2.24) is 0 Å². The Balaban J connectivity index is 1.66. The highest BCUT2D eigenvalue weighted by atomic mass is 16.2. The fraction of sp³-hybridized carbons (Fsp3) is 0.381. The number of para-hydroxylation sites is 1. The molecule has 0 spiro atoms. The average Bonchev–Trinajstić information content (AvgIpc) is 2.63. The zero-order valence-electron chi connectivity index (χ0n) is 14.4. The first-order chi connectivity index (χ1) is 11.7. The van der Waals surface area contributed by atoms with E-state index in [4.69, 9.17) is 0 Å². The number of hydrogen-bond donors (Lipinski definition) is 2. The predicted molar refractivity (Wildman–Crippen MR) is 99.1 cm³/mol.